The maximum atomic E-state index is 12.6. The molecule has 0 bridgehead atoms. The van der Waals surface area contributed by atoms with E-state index < -0.39 is 0 Å². The molecule has 3 aromatic carbocycles. The third-order valence-corrected chi connectivity index (χ3v) is 5.75. The van der Waals surface area contributed by atoms with Crippen LogP contribution in [0.1, 0.15) is 34.0 Å². The van der Waals surface area contributed by atoms with Crippen molar-refractivity contribution in [2.45, 2.75) is 30.9 Å². The zero-order valence-electron chi connectivity index (χ0n) is 15.5. The van der Waals surface area contributed by atoms with Crippen molar-refractivity contribution in [3.05, 3.63) is 94.0 Å². The summed E-state index contributed by atoms with van der Waals surface area (Å²) in [5, 5.41) is 3.82. The number of amides is 1. The third-order valence-electron chi connectivity index (χ3n) is 4.41. The van der Waals surface area contributed by atoms with Gasteiger partial charge in [-0.1, -0.05) is 48.9 Å². The molecule has 0 saturated heterocycles. The van der Waals surface area contributed by atoms with Crippen molar-refractivity contribution in [1.82, 2.24) is 0 Å². The fourth-order valence-corrected chi connectivity index (χ4v) is 3.82. The van der Waals surface area contributed by atoms with Crippen LogP contribution >= 0.6 is 23.4 Å². The minimum Gasteiger partial charge on any atom is -0.321 e. The number of carbonyl (C=O) groups excluding carboxylic acids is 1. The SMILES string of the molecule is CCc1cccc(C)c1NC(=O)c1ccc(CSc2ccc(Cl)cc2)cc1. The first-order chi connectivity index (χ1) is 13.1. The van der Waals surface area contributed by atoms with E-state index in [2.05, 4.69) is 18.3 Å². The van der Waals surface area contributed by atoms with Crippen LogP contribution in [0.15, 0.2) is 71.6 Å². The van der Waals surface area contributed by atoms with E-state index in [-0.39, 0.29) is 5.91 Å². The lowest BCUT2D eigenvalue weighted by atomic mass is 10.1. The van der Waals surface area contributed by atoms with Crippen molar-refractivity contribution in [3.8, 4) is 0 Å². The van der Waals surface area contributed by atoms with Gasteiger partial charge in [-0.3, -0.25) is 4.79 Å². The van der Waals surface area contributed by atoms with Crippen LogP contribution in [0, 0.1) is 6.92 Å². The Hall–Kier alpha value is -2.23. The Morgan fingerprint density at radius 2 is 1.70 bits per heavy atom. The molecule has 27 heavy (non-hydrogen) atoms. The second-order valence-electron chi connectivity index (χ2n) is 6.36. The van der Waals surface area contributed by atoms with Gasteiger partial charge in [0, 0.05) is 26.9 Å². The number of halogens is 1. The van der Waals surface area contributed by atoms with Gasteiger partial charge < -0.3 is 5.32 Å². The molecule has 0 aliphatic carbocycles. The molecule has 3 rings (SSSR count). The quantitative estimate of drug-likeness (QED) is 0.467. The van der Waals surface area contributed by atoms with Crippen LogP contribution in [0.3, 0.4) is 0 Å². The minimum absolute atomic E-state index is 0.0732. The highest BCUT2D eigenvalue weighted by Gasteiger charge is 2.10. The number of para-hydroxylation sites is 1. The molecule has 0 unspecified atom stereocenters. The molecule has 0 saturated carbocycles. The Morgan fingerprint density at radius 3 is 2.37 bits per heavy atom. The summed E-state index contributed by atoms with van der Waals surface area (Å²) in [6, 6.07) is 21.7. The summed E-state index contributed by atoms with van der Waals surface area (Å²) in [5.41, 5.74) is 5.00. The first kappa shape index (κ1) is 19.5. The van der Waals surface area contributed by atoms with Crippen LogP contribution in [0.25, 0.3) is 0 Å². The maximum absolute atomic E-state index is 12.6. The largest absolute Gasteiger partial charge is 0.321 e. The summed E-state index contributed by atoms with van der Waals surface area (Å²) in [5.74, 6) is 0.775. The van der Waals surface area contributed by atoms with Crippen molar-refractivity contribution >= 4 is 35.0 Å². The van der Waals surface area contributed by atoms with Crippen molar-refractivity contribution in [2.75, 3.05) is 5.32 Å². The number of carbonyl (C=O) groups is 1. The van der Waals surface area contributed by atoms with E-state index in [4.69, 9.17) is 11.6 Å². The lowest BCUT2D eigenvalue weighted by molar-refractivity contribution is 0.102. The van der Waals surface area contributed by atoms with E-state index in [0.29, 0.717) is 5.56 Å². The molecule has 0 aromatic heterocycles. The predicted octanol–water partition coefficient (Wildman–Crippen LogP) is 6.76. The summed E-state index contributed by atoms with van der Waals surface area (Å²) >= 11 is 7.66. The second kappa shape index (κ2) is 9.12. The van der Waals surface area contributed by atoms with Gasteiger partial charge in [0.15, 0.2) is 0 Å². The lowest BCUT2D eigenvalue weighted by Crippen LogP contribution is -2.14. The van der Waals surface area contributed by atoms with Gasteiger partial charge in [0.05, 0.1) is 0 Å². The second-order valence-corrected chi connectivity index (χ2v) is 7.84. The summed E-state index contributed by atoms with van der Waals surface area (Å²) in [6.07, 6.45) is 0.887. The average Bonchev–Trinajstić information content (AvgIpc) is 2.69. The first-order valence-corrected chi connectivity index (χ1v) is 10.3. The zero-order valence-corrected chi connectivity index (χ0v) is 17.0. The number of nitrogens with one attached hydrogen (secondary N) is 1. The van der Waals surface area contributed by atoms with Crippen LogP contribution in [-0.2, 0) is 12.2 Å². The topological polar surface area (TPSA) is 29.1 Å². The number of hydrogen-bond acceptors (Lipinski definition) is 2. The lowest BCUT2D eigenvalue weighted by Gasteiger charge is -2.13. The summed E-state index contributed by atoms with van der Waals surface area (Å²) < 4.78 is 0. The van der Waals surface area contributed by atoms with E-state index in [1.165, 1.54) is 10.5 Å². The average molecular weight is 396 g/mol. The van der Waals surface area contributed by atoms with Gasteiger partial charge in [-0.15, -0.1) is 11.8 Å². The van der Waals surface area contributed by atoms with Gasteiger partial charge in [-0.2, -0.15) is 0 Å². The highest BCUT2D eigenvalue weighted by atomic mass is 35.5. The molecule has 1 amide bonds. The van der Waals surface area contributed by atoms with E-state index in [1.807, 2.05) is 67.6 Å². The van der Waals surface area contributed by atoms with Gasteiger partial charge in [-0.25, -0.2) is 0 Å². The van der Waals surface area contributed by atoms with Gasteiger partial charge >= 0.3 is 0 Å². The molecule has 4 heteroatoms. The fourth-order valence-electron chi connectivity index (χ4n) is 2.84. The van der Waals surface area contributed by atoms with Crippen LogP contribution in [-0.4, -0.2) is 5.91 Å². The van der Waals surface area contributed by atoms with Gasteiger partial charge in [0.25, 0.3) is 5.91 Å². The first-order valence-electron chi connectivity index (χ1n) is 8.94. The van der Waals surface area contributed by atoms with Crippen molar-refractivity contribution in [2.24, 2.45) is 0 Å². The fraction of sp³-hybridized carbons (Fsp3) is 0.174. The molecule has 2 nitrogen and oxygen atoms in total. The maximum Gasteiger partial charge on any atom is 0.255 e. The Morgan fingerprint density at radius 1 is 1.00 bits per heavy atom. The monoisotopic (exact) mass is 395 g/mol. The Labute approximate surface area is 170 Å². The van der Waals surface area contributed by atoms with Crippen molar-refractivity contribution < 1.29 is 4.79 Å². The predicted molar refractivity (Wildman–Crippen MR) is 116 cm³/mol. The smallest absolute Gasteiger partial charge is 0.255 e. The van der Waals surface area contributed by atoms with Gasteiger partial charge in [0.1, 0.15) is 0 Å². The molecule has 0 fully saturated rings. The number of anilines is 1. The highest BCUT2D eigenvalue weighted by molar-refractivity contribution is 7.98. The summed E-state index contributed by atoms with van der Waals surface area (Å²) in [7, 11) is 0. The number of benzene rings is 3. The van der Waals surface area contributed by atoms with Crippen LogP contribution in [0.2, 0.25) is 5.02 Å². The number of rotatable bonds is 6. The molecular formula is C23H22ClNOS. The zero-order chi connectivity index (χ0) is 19.2. The van der Waals surface area contributed by atoms with Gasteiger partial charge in [-0.05, 0) is 66.4 Å². The molecule has 0 heterocycles. The number of aryl methyl sites for hydroxylation is 2. The minimum atomic E-state index is -0.0732. The standard InChI is InChI=1S/C23H22ClNOS/c1-3-18-6-4-5-16(2)22(18)25-23(26)19-9-7-17(8-10-19)15-27-21-13-11-20(24)12-14-21/h4-14H,3,15H2,1-2H3,(H,25,26). The van der Waals surface area contributed by atoms with Crippen LogP contribution in [0.5, 0.6) is 0 Å². The summed E-state index contributed by atoms with van der Waals surface area (Å²) in [6.45, 7) is 4.11. The Balaban J connectivity index is 1.64. The third kappa shape index (κ3) is 5.15. The Bertz CT molecular complexity index is 920. The number of hydrogen-bond donors (Lipinski definition) is 1. The van der Waals surface area contributed by atoms with E-state index >= 15 is 0 Å². The molecule has 0 aliphatic heterocycles. The van der Waals surface area contributed by atoms with Crippen LogP contribution in [0.4, 0.5) is 5.69 Å². The van der Waals surface area contributed by atoms with Gasteiger partial charge in [0.2, 0.25) is 0 Å². The van der Waals surface area contributed by atoms with Crippen molar-refractivity contribution in [3.63, 3.8) is 0 Å². The summed E-state index contributed by atoms with van der Waals surface area (Å²) in [4.78, 5) is 13.8. The van der Waals surface area contributed by atoms with E-state index in [9.17, 15) is 4.79 Å². The molecule has 0 radical (unpaired) electrons. The van der Waals surface area contributed by atoms with Crippen molar-refractivity contribution in [1.29, 1.82) is 0 Å². The molecule has 138 valence electrons. The highest BCUT2D eigenvalue weighted by Crippen LogP contribution is 2.25. The molecule has 0 spiro atoms. The normalized spacial score (nSPS) is 10.6. The molecular weight excluding hydrogens is 374 g/mol. The number of thioether (sulfide) groups is 1. The molecule has 0 aliphatic rings. The molecule has 0 atom stereocenters. The molecule has 1 N–H and O–H groups in total. The van der Waals surface area contributed by atoms with E-state index in [0.717, 1.165) is 34.0 Å². The van der Waals surface area contributed by atoms with Crippen LogP contribution < -0.4 is 5.32 Å². The van der Waals surface area contributed by atoms with E-state index in [1.54, 1.807) is 11.8 Å². The molecule has 3 aromatic rings. The Kier molecular flexibility index (Phi) is 6.59.